The second kappa shape index (κ2) is 4.83. The Morgan fingerprint density at radius 3 is 2.73 bits per heavy atom. The maximum atomic E-state index is 13.7. The minimum absolute atomic E-state index is 0.297. The topological polar surface area (TPSA) is 48.0 Å². The summed E-state index contributed by atoms with van der Waals surface area (Å²) in [6.45, 7) is 0.911. The van der Waals surface area contributed by atoms with E-state index in [1.807, 2.05) is 12.1 Å². The van der Waals surface area contributed by atoms with Gasteiger partial charge >= 0.3 is 0 Å². The zero-order valence-corrected chi connectivity index (χ0v) is 12.2. The molecule has 1 aliphatic rings. The van der Waals surface area contributed by atoms with E-state index >= 15 is 0 Å². The quantitative estimate of drug-likeness (QED) is 0.784. The van der Waals surface area contributed by atoms with Crippen molar-refractivity contribution < 1.29 is 9.18 Å². The van der Waals surface area contributed by atoms with Gasteiger partial charge in [0.25, 0.3) is 0 Å². The summed E-state index contributed by atoms with van der Waals surface area (Å²) in [5, 5.41) is 1.53. The fourth-order valence-corrected chi connectivity index (χ4v) is 3.46. The first-order chi connectivity index (χ1) is 10.6. The van der Waals surface area contributed by atoms with E-state index in [9.17, 15) is 9.18 Å². The zero-order chi connectivity index (χ0) is 15.3. The number of fused-ring (bicyclic) bond motifs is 3. The van der Waals surface area contributed by atoms with E-state index in [-0.39, 0.29) is 5.82 Å². The molecule has 1 aliphatic carbocycles. The lowest BCUT2D eigenvalue weighted by atomic mass is 9.85. The summed E-state index contributed by atoms with van der Waals surface area (Å²) in [7, 11) is 0. The molecule has 3 aromatic rings. The Morgan fingerprint density at radius 2 is 2.05 bits per heavy atom. The molecule has 1 amide bonds. The number of halogens is 1. The molecule has 0 atom stereocenters. The molecule has 4 rings (SSSR count). The summed E-state index contributed by atoms with van der Waals surface area (Å²) in [4.78, 5) is 11.8. The van der Waals surface area contributed by atoms with Crippen molar-refractivity contribution in [3.05, 3.63) is 47.8 Å². The van der Waals surface area contributed by atoms with Crippen LogP contribution in [0.5, 0.6) is 0 Å². The normalized spacial score (nSPS) is 15.3. The maximum absolute atomic E-state index is 13.7. The van der Waals surface area contributed by atoms with Crippen molar-refractivity contribution in [3.63, 3.8) is 0 Å². The summed E-state index contributed by atoms with van der Waals surface area (Å²) in [5.41, 5.74) is 7.90. The number of primary amides is 1. The molecule has 1 fully saturated rings. The lowest BCUT2D eigenvalue weighted by Crippen LogP contribution is -2.18. The summed E-state index contributed by atoms with van der Waals surface area (Å²) >= 11 is 0. The Hall–Kier alpha value is -2.36. The van der Waals surface area contributed by atoms with Crippen molar-refractivity contribution in [2.45, 2.75) is 25.8 Å². The highest BCUT2D eigenvalue weighted by Crippen LogP contribution is 2.35. The van der Waals surface area contributed by atoms with Crippen molar-refractivity contribution in [1.82, 2.24) is 4.57 Å². The number of carbonyl (C=O) groups excluding carboxylic acids is 1. The molecule has 2 aromatic carbocycles. The lowest BCUT2D eigenvalue weighted by Gasteiger charge is -2.26. The number of benzene rings is 2. The van der Waals surface area contributed by atoms with E-state index in [4.69, 9.17) is 5.73 Å². The number of nitrogens with zero attached hydrogens (tertiary/aromatic N) is 1. The van der Waals surface area contributed by atoms with Gasteiger partial charge in [-0.05, 0) is 49.1 Å². The highest BCUT2D eigenvalue weighted by Gasteiger charge is 2.22. The predicted octanol–water partition coefficient (Wildman–Crippen LogP) is 3.83. The van der Waals surface area contributed by atoms with Crippen LogP contribution in [0.15, 0.2) is 36.4 Å². The number of aromatic nitrogens is 1. The minimum Gasteiger partial charge on any atom is -0.366 e. The Morgan fingerprint density at radius 1 is 1.23 bits per heavy atom. The van der Waals surface area contributed by atoms with Gasteiger partial charge in [0.1, 0.15) is 5.82 Å². The van der Waals surface area contributed by atoms with Crippen LogP contribution in [-0.4, -0.2) is 10.5 Å². The minimum atomic E-state index is -0.474. The highest BCUT2D eigenvalue weighted by atomic mass is 19.1. The molecule has 0 unspecified atom stereocenters. The molecule has 0 saturated heterocycles. The van der Waals surface area contributed by atoms with E-state index < -0.39 is 5.91 Å². The van der Waals surface area contributed by atoms with Crippen LogP contribution in [0.25, 0.3) is 21.8 Å². The van der Waals surface area contributed by atoms with Crippen LogP contribution in [0.2, 0.25) is 0 Å². The Balaban J connectivity index is 2.07. The van der Waals surface area contributed by atoms with E-state index in [1.165, 1.54) is 31.4 Å². The van der Waals surface area contributed by atoms with Gasteiger partial charge < -0.3 is 10.3 Å². The molecule has 0 spiro atoms. The van der Waals surface area contributed by atoms with Crippen molar-refractivity contribution >= 4 is 27.7 Å². The predicted molar refractivity (Wildman–Crippen MR) is 85.3 cm³/mol. The zero-order valence-electron chi connectivity index (χ0n) is 12.2. The van der Waals surface area contributed by atoms with E-state index in [1.54, 1.807) is 12.1 Å². The van der Waals surface area contributed by atoms with E-state index in [2.05, 4.69) is 4.57 Å². The maximum Gasteiger partial charge on any atom is 0.249 e. The largest absolute Gasteiger partial charge is 0.366 e. The Bertz CT molecular complexity index is 893. The average molecular weight is 296 g/mol. The first-order valence-corrected chi connectivity index (χ1v) is 7.65. The van der Waals surface area contributed by atoms with Gasteiger partial charge in [-0.15, -0.1) is 0 Å². The number of nitrogens with two attached hydrogens (primary N) is 1. The third-order valence-corrected chi connectivity index (χ3v) is 4.78. The van der Waals surface area contributed by atoms with Crippen molar-refractivity contribution in [2.24, 2.45) is 11.7 Å². The molecule has 112 valence electrons. The molecule has 3 nitrogen and oxygen atoms in total. The molecule has 0 bridgehead atoms. The molecule has 0 radical (unpaired) electrons. The van der Waals surface area contributed by atoms with Gasteiger partial charge in [-0.2, -0.15) is 0 Å². The second-order valence-corrected chi connectivity index (χ2v) is 6.13. The molecule has 1 saturated carbocycles. The Labute approximate surface area is 127 Å². The third kappa shape index (κ3) is 1.90. The third-order valence-electron chi connectivity index (χ3n) is 4.78. The van der Waals surface area contributed by atoms with Crippen LogP contribution < -0.4 is 5.73 Å². The summed E-state index contributed by atoms with van der Waals surface area (Å²) in [6.07, 6.45) is 3.75. The van der Waals surface area contributed by atoms with Crippen molar-refractivity contribution in [1.29, 1.82) is 0 Å². The van der Waals surface area contributed by atoms with Gasteiger partial charge in [-0.25, -0.2) is 4.39 Å². The monoisotopic (exact) mass is 296 g/mol. The molecule has 1 heterocycles. The second-order valence-electron chi connectivity index (χ2n) is 6.13. The van der Waals surface area contributed by atoms with Gasteiger partial charge in [-0.3, -0.25) is 4.79 Å². The van der Waals surface area contributed by atoms with Gasteiger partial charge in [-0.1, -0.05) is 12.5 Å². The number of hydrogen-bond acceptors (Lipinski definition) is 1. The Kier molecular flexibility index (Phi) is 2.93. The van der Waals surface area contributed by atoms with Gasteiger partial charge in [0.2, 0.25) is 5.91 Å². The molecular formula is C18H17FN2O. The number of rotatable bonds is 3. The molecular weight excluding hydrogens is 279 g/mol. The van der Waals surface area contributed by atoms with E-state index in [0.29, 0.717) is 11.5 Å². The standard InChI is InChI=1S/C18H17FN2O/c19-12-7-8-15-14(9-12)17-13(18(20)22)5-2-6-16(17)21(15)10-11-3-1-4-11/h2,5-9,11H,1,3-4,10H2,(H2,20,22). The number of carbonyl (C=O) groups is 1. The molecule has 0 aliphatic heterocycles. The number of hydrogen-bond donors (Lipinski definition) is 1. The summed E-state index contributed by atoms with van der Waals surface area (Å²) in [5.74, 6) is -0.104. The van der Waals surface area contributed by atoms with Crippen molar-refractivity contribution in [2.75, 3.05) is 0 Å². The molecule has 22 heavy (non-hydrogen) atoms. The smallest absolute Gasteiger partial charge is 0.249 e. The highest BCUT2D eigenvalue weighted by molar-refractivity contribution is 6.17. The van der Waals surface area contributed by atoms with Crippen LogP contribution >= 0.6 is 0 Å². The number of amides is 1. The molecule has 4 heteroatoms. The fraction of sp³-hybridized carbons (Fsp3) is 0.278. The van der Waals surface area contributed by atoms with E-state index in [0.717, 1.165) is 28.4 Å². The van der Waals surface area contributed by atoms with Crippen LogP contribution in [-0.2, 0) is 6.54 Å². The first kappa shape index (κ1) is 13.3. The van der Waals surface area contributed by atoms with Gasteiger partial charge in [0, 0.05) is 33.9 Å². The first-order valence-electron chi connectivity index (χ1n) is 7.65. The average Bonchev–Trinajstić information content (AvgIpc) is 2.76. The van der Waals surface area contributed by atoms with Crippen LogP contribution in [0.3, 0.4) is 0 Å². The lowest BCUT2D eigenvalue weighted by molar-refractivity contribution is 0.100. The van der Waals surface area contributed by atoms with Crippen molar-refractivity contribution in [3.8, 4) is 0 Å². The van der Waals surface area contributed by atoms with Crippen LogP contribution in [0.4, 0.5) is 4.39 Å². The van der Waals surface area contributed by atoms with Gasteiger partial charge in [0.15, 0.2) is 0 Å². The van der Waals surface area contributed by atoms with Crippen LogP contribution in [0.1, 0.15) is 29.6 Å². The van der Waals surface area contributed by atoms with Gasteiger partial charge in [0.05, 0.1) is 0 Å². The fourth-order valence-electron chi connectivity index (χ4n) is 3.46. The summed E-state index contributed by atoms with van der Waals surface area (Å²) in [6, 6.07) is 10.3. The summed E-state index contributed by atoms with van der Waals surface area (Å²) < 4.78 is 15.9. The molecule has 1 aromatic heterocycles. The SMILES string of the molecule is NC(=O)c1cccc2c1c1cc(F)ccc1n2CC1CCC1. The van der Waals surface area contributed by atoms with Crippen LogP contribution in [0, 0.1) is 11.7 Å². The molecule has 2 N–H and O–H groups in total.